The SMILES string of the molecule is COc1cccc(C(=O)NCC(c2ccccc2)N(C)C)c1OC(F)F. The molecule has 7 heteroatoms. The number of ether oxygens (including phenoxy) is 2. The number of para-hydroxylation sites is 1. The van der Waals surface area contributed by atoms with Gasteiger partial charge in [0.05, 0.1) is 18.7 Å². The van der Waals surface area contributed by atoms with E-state index in [-0.39, 0.29) is 23.1 Å². The second-order valence-electron chi connectivity index (χ2n) is 5.82. The van der Waals surface area contributed by atoms with Gasteiger partial charge in [-0.3, -0.25) is 4.79 Å². The summed E-state index contributed by atoms with van der Waals surface area (Å²) in [6, 6.07) is 14.1. The average Bonchev–Trinajstić information content (AvgIpc) is 2.62. The van der Waals surface area contributed by atoms with Crippen LogP contribution in [0.25, 0.3) is 0 Å². The predicted molar refractivity (Wildman–Crippen MR) is 94.8 cm³/mol. The van der Waals surface area contributed by atoms with Gasteiger partial charge in [-0.05, 0) is 31.8 Å². The molecule has 5 nitrogen and oxygen atoms in total. The van der Waals surface area contributed by atoms with E-state index in [4.69, 9.17) is 4.74 Å². The summed E-state index contributed by atoms with van der Waals surface area (Å²) >= 11 is 0. The molecule has 0 saturated carbocycles. The fraction of sp³-hybridized carbons (Fsp3) is 0.316. The van der Waals surface area contributed by atoms with Gasteiger partial charge in [0, 0.05) is 6.54 Å². The zero-order chi connectivity index (χ0) is 19.1. The Hall–Kier alpha value is -2.67. The van der Waals surface area contributed by atoms with Crippen molar-refractivity contribution in [2.75, 3.05) is 27.7 Å². The van der Waals surface area contributed by atoms with Gasteiger partial charge in [-0.2, -0.15) is 8.78 Å². The number of methoxy groups -OCH3 is 1. The zero-order valence-electron chi connectivity index (χ0n) is 14.9. The van der Waals surface area contributed by atoms with Crippen LogP contribution in [0.2, 0.25) is 0 Å². The van der Waals surface area contributed by atoms with Crippen molar-refractivity contribution in [3.8, 4) is 11.5 Å². The summed E-state index contributed by atoms with van der Waals surface area (Å²) in [6.45, 7) is -2.75. The molecule has 0 heterocycles. The molecule has 140 valence electrons. The Morgan fingerprint density at radius 1 is 1.12 bits per heavy atom. The molecular weight excluding hydrogens is 342 g/mol. The maximum Gasteiger partial charge on any atom is 0.387 e. The smallest absolute Gasteiger partial charge is 0.387 e. The van der Waals surface area contributed by atoms with Crippen molar-refractivity contribution >= 4 is 5.91 Å². The van der Waals surface area contributed by atoms with E-state index in [1.807, 2.05) is 49.3 Å². The molecule has 0 aromatic heterocycles. The van der Waals surface area contributed by atoms with E-state index in [2.05, 4.69) is 10.1 Å². The largest absolute Gasteiger partial charge is 0.493 e. The lowest BCUT2D eigenvalue weighted by Crippen LogP contribution is -2.34. The van der Waals surface area contributed by atoms with Crippen molar-refractivity contribution in [1.82, 2.24) is 10.2 Å². The first-order valence-electron chi connectivity index (χ1n) is 8.05. The van der Waals surface area contributed by atoms with Gasteiger partial charge < -0.3 is 19.7 Å². The Morgan fingerprint density at radius 2 is 1.81 bits per heavy atom. The van der Waals surface area contributed by atoms with Crippen LogP contribution in [-0.2, 0) is 0 Å². The Morgan fingerprint density at radius 3 is 2.38 bits per heavy atom. The molecule has 0 saturated heterocycles. The van der Waals surface area contributed by atoms with Crippen LogP contribution in [-0.4, -0.2) is 45.2 Å². The molecule has 0 spiro atoms. The fourth-order valence-electron chi connectivity index (χ4n) is 2.62. The minimum absolute atomic E-state index is 0.00443. The van der Waals surface area contributed by atoms with Crippen molar-refractivity contribution in [2.24, 2.45) is 0 Å². The van der Waals surface area contributed by atoms with E-state index in [0.717, 1.165) is 5.56 Å². The van der Waals surface area contributed by atoms with E-state index >= 15 is 0 Å². The van der Waals surface area contributed by atoms with Crippen LogP contribution in [0.1, 0.15) is 22.0 Å². The summed E-state index contributed by atoms with van der Waals surface area (Å²) in [6.07, 6.45) is 0. The van der Waals surface area contributed by atoms with E-state index < -0.39 is 12.5 Å². The number of hydrogen-bond donors (Lipinski definition) is 1. The standard InChI is InChI=1S/C19H22F2N2O3/c1-23(2)15(13-8-5-4-6-9-13)12-22-18(24)14-10-7-11-16(25-3)17(14)26-19(20)21/h4-11,15,19H,12H2,1-3H3,(H,22,24). The molecule has 2 aromatic rings. The highest BCUT2D eigenvalue weighted by Crippen LogP contribution is 2.32. The minimum Gasteiger partial charge on any atom is -0.493 e. The first kappa shape index (κ1) is 19.7. The van der Waals surface area contributed by atoms with Crippen molar-refractivity contribution in [3.63, 3.8) is 0 Å². The lowest BCUT2D eigenvalue weighted by Gasteiger charge is -2.25. The molecule has 0 aliphatic carbocycles. The molecule has 2 aromatic carbocycles. The topological polar surface area (TPSA) is 50.8 Å². The molecule has 2 rings (SSSR count). The molecule has 1 unspecified atom stereocenters. The van der Waals surface area contributed by atoms with E-state index in [9.17, 15) is 13.6 Å². The third kappa shape index (κ3) is 4.92. The number of nitrogens with zero attached hydrogens (tertiary/aromatic N) is 1. The fourth-order valence-corrected chi connectivity index (χ4v) is 2.62. The zero-order valence-corrected chi connectivity index (χ0v) is 14.9. The van der Waals surface area contributed by atoms with Crippen LogP contribution < -0.4 is 14.8 Å². The molecule has 0 bridgehead atoms. The summed E-state index contributed by atoms with van der Waals surface area (Å²) in [7, 11) is 5.13. The number of alkyl halides is 2. The van der Waals surface area contributed by atoms with E-state index in [1.54, 1.807) is 6.07 Å². The summed E-state index contributed by atoms with van der Waals surface area (Å²) in [5.74, 6) is -0.712. The number of amides is 1. The van der Waals surface area contributed by atoms with Crippen LogP contribution in [0.4, 0.5) is 8.78 Å². The Balaban J connectivity index is 2.19. The number of nitrogens with one attached hydrogen (secondary N) is 1. The van der Waals surface area contributed by atoms with E-state index in [0.29, 0.717) is 6.54 Å². The van der Waals surface area contributed by atoms with Crippen LogP contribution in [0, 0.1) is 0 Å². The van der Waals surface area contributed by atoms with Crippen molar-refractivity contribution in [3.05, 3.63) is 59.7 Å². The highest BCUT2D eigenvalue weighted by Gasteiger charge is 2.22. The third-order valence-corrected chi connectivity index (χ3v) is 3.91. The molecule has 0 radical (unpaired) electrons. The second-order valence-corrected chi connectivity index (χ2v) is 5.82. The number of carbonyl (C=O) groups is 1. The van der Waals surface area contributed by atoms with Crippen LogP contribution in [0.15, 0.2) is 48.5 Å². The summed E-state index contributed by atoms with van der Waals surface area (Å²) < 4.78 is 34.9. The number of hydrogen-bond acceptors (Lipinski definition) is 4. The number of carbonyl (C=O) groups excluding carboxylic acids is 1. The Bertz CT molecular complexity index is 724. The third-order valence-electron chi connectivity index (χ3n) is 3.91. The molecule has 1 atom stereocenters. The van der Waals surface area contributed by atoms with Crippen molar-refractivity contribution < 1.29 is 23.0 Å². The maximum atomic E-state index is 12.7. The van der Waals surface area contributed by atoms with Gasteiger partial charge in [0.2, 0.25) is 0 Å². The lowest BCUT2D eigenvalue weighted by molar-refractivity contribution is -0.0515. The van der Waals surface area contributed by atoms with Gasteiger partial charge in [-0.25, -0.2) is 0 Å². The summed E-state index contributed by atoms with van der Waals surface area (Å²) in [5, 5.41) is 2.78. The van der Waals surface area contributed by atoms with Gasteiger partial charge in [0.25, 0.3) is 5.91 Å². The highest BCUT2D eigenvalue weighted by atomic mass is 19.3. The summed E-state index contributed by atoms with van der Waals surface area (Å²) in [5.41, 5.74) is 1.03. The van der Waals surface area contributed by atoms with Gasteiger partial charge >= 0.3 is 6.61 Å². The molecule has 1 N–H and O–H groups in total. The van der Waals surface area contributed by atoms with Crippen molar-refractivity contribution in [2.45, 2.75) is 12.7 Å². The van der Waals surface area contributed by atoms with E-state index in [1.165, 1.54) is 19.2 Å². The van der Waals surface area contributed by atoms with Gasteiger partial charge in [0.1, 0.15) is 0 Å². The van der Waals surface area contributed by atoms with Crippen LogP contribution in [0.3, 0.4) is 0 Å². The highest BCUT2D eigenvalue weighted by molar-refractivity contribution is 5.97. The van der Waals surface area contributed by atoms with Gasteiger partial charge in [-0.15, -0.1) is 0 Å². The second kappa shape index (κ2) is 9.15. The quantitative estimate of drug-likeness (QED) is 0.781. The number of likely N-dealkylation sites (N-methyl/N-ethyl adjacent to an activating group) is 1. The number of rotatable bonds is 8. The molecule has 26 heavy (non-hydrogen) atoms. The molecule has 0 fully saturated rings. The first-order chi connectivity index (χ1) is 12.4. The lowest BCUT2D eigenvalue weighted by atomic mass is 10.1. The van der Waals surface area contributed by atoms with Gasteiger partial charge in [0.15, 0.2) is 11.5 Å². The minimum atomic E-state index is -3.06. The summed E-state index contributed by atoms with van der Waals surface area (Å²) in [4.78, 5) is 14.5. The van der Waals surface area contributed by atoms with Gasteiger partial charge in [-0.1, -0.05) is 36.4 Å². The van der Waals surface area contributed by atoms with Crippen molar-refractivity contribution in [1.29, 1.82) is 0 Å². The molecule has 0 aliphatic rings. The van der Waals surface area contributed by atoms with Crippen LogP contribution in [0.5, 0.6) is 11.5 Å². The number of halogens is 2. The monoisotopic (exact) mass is 364 g/mol. The average molecular weight is 364 g/mol. The first-order valence-corrected chi connectivity index (χ1v) is 8.05. The maximum absolute atomic E-state index is 12.7. The molecule has 1 amide bonds. The Labute approximate surface area is 151 Å². The Kier molecular flexibility index (Phi) is 6.91. The van der Waals surface area contributed by atoms with Crippen LogP contribution >= 0.6 is 0 Å². The molecular formula is C19H22F2N2O3. The number of benzene rings is 2. The molecule has 0 aliphatic heterocycles. The normalized spacial score (nSPS) is 12.1. The predicted octanol–water partition coefficient (Wildman–Crippen LogP) is 3.33.